The van der Waals surface area contributed by atoms with Gasteiger partial charge in [0, 0.05) is 39.2 Å². The van der Waals surface area contributed by atoms with Crippen LogP contribution in [0.15, 0.2) is 103 Å². The van der Waals surface area contributed by atoms with Gasteiger partial charge in [0.1, 0.15) is 11.6 Å². The number of nitrogens with zero attached hydrogens (tertiary/aromatic N) is 4. The standard InChI is InChI=1S/C71H84N4O/c1-45(2)56-40-51(50-28-37-71(38-29-50)33-14-11-15-34-71)21-24-62(56)75-63-25-22-55-46(3)73-60-23-20-53(41-57(60)64(55)65(63)74-67(75)58-43-54(68(4,5)6)44-59(66(58)76)69(7,8)9)61-42-52(30-39-72-61)48-18-16-47(17-19-48)49-26-35-70(36-27-49)31-12-10-13-32-70/h16-25,30,39-45,49-50,76H,10-15,26-29,31-38H2,1-9H3. The van der Waals surface area contributed by atoms with Crippen LogP contribution < -0.4 is 0 Å². The smallest absolute Gasteiger partial charge is 0.149 e. The molecule has 0 atom stereocenters. The van der Waals surface area contributed by atoms with E-state index in [1.807, 2.05) is 6.20 Å². The van der Waals surface area contributed by atoms with Gasteiger partial charge in [-0.15, -0.1) is 0 Å². The molecule has 12 rings (SSSR count). The number of phenolic OH excluding ortho intramolecular Hbond substituents is 1. The van der Waals surface area contributed by atoms with Gasteiger partial charge in [-0.3, -0.25) is 14.5 Å². The van der Waals surface area contributed by atoms with Gasteiger partial charge in [0.2, 0.25) is 0 Å². The highest BCUT2D eigenvalue weighted by molar-refractivity contribution is 6.19. The van der Waals surface area contributed by atoms with Crippen molar-refractivity contribution in [3.8, 4) is 45.2 Å². The van der Waals surface area contributed by atoms with Crippen molar-refractivity contribution >= 4 is 32.7 Å². The predicted octanol–water partition coefficient (Wildman–Crippen LogP) is 20.1. The summed E-state index contributed by atoms with van der Waals surface area (Å²) in [6.07, 6.45) is 27.0. The summed E-state index contributed by atoms with van der Waals surface area (Å²) in [6.45, 7) is 20.2. The number of aromatic hydroxyl groups is 1. The summed E-state index contributed by atoms with van der Waals surface area (Å²) >= 11 is 0. The first-order valence-electron chi connectivity index (χ1n) is 29.8. The third kappa shape index (κ3) is 9.38. The van der Waals surface area contributed by atoms with Gasteiger partial charge in [0.15, 0.2) is 0 Å². The number of aryl methyl sites for hydroxylation is 1. The van der Waals surface area contributed by atoms with Crippen molar-refractivity contribution in [2.24, 2.45) is 10.8 Å². The highest BCUT2D eigenvalue weighted by atomic mass is 16.3. The third-order valence-corrected chi connectivity index (χ3v) is 19.9. The summed E-state index contributed by atoms with van der Waals surface area (Å²) < 4.78 is 2.39. The van der Waals surface area contributed by atoms with Crippen molar-refractivity contribution in [3.05, 3.63) is 137 Å². The van der Waals surface area contributed by atoms with Crippen LogP contribution >= 0.6 is 0 Å². The summed E-state index contributed by atoms with van der Waals surface area (Å²) in [5.41, 5.74) is 17.3. The van der Waals surface area contributed by atoms with Crippen molar-refractivity contribution < 1.29 is 5.11 Å². The molecule has 2 spiro atoms. The van der Waals surface area contributed by atoms with E-state index in [0.29, 0.717) is 28.4 Å². The molecule has 4 fully saturated rings. The van der Waals surface area contributed by atoms with Crippen LogP contribution in [0.1, 0.15) is 222 Å². The lowest BCUT2D eigenvalue weighted by Crippen LogP contribution is -2.29. The first kappa shape index (κ1) is 51.0. The zero-order valence-electron chi connectivity index (χ0n) is 47.5. The molecule has 8 aromatic rings. The van der Waals surface area contributed by atoms with Crippen LogP contribution in [-0.2, 0) is 10.8 Å². The molecule has 4 aliphatic carbocycles. The van der Waals surface area contributed by atoms with E-state index in [4.69, 9.17) is 15.0 Å². The number of hydrogen-bond acceptors (Lipinski definition) is 4. The molecule has 0 bridgehead atoms. The number of phenols is 1. The van der Waals surface area contributed by atoms with E-state index >= 15 is 0 Å². The Morgan fingerprint density at radius 1 is 0.579 bits per heavy atom. The normalized spacial score (nSPS) is 19.4. The zero-order chi connectivity index (χ0) is 52.7. The predicted molar refractivity (Wildman–Crippen MR) is 319 cm³/mol. The minimum absolute atomic E-state index is 0.162. The van der Waals surface area contributed by atoms with E-state index in [9.17, 15) is 5.11 Å². The number of pyridine rings is 2. The van der Waals surface area contributed by atoms with E-state index in [1.165, 1.54) is 149 Å². The van der Waals surface area contributed by atoms with Crippen molar-refractivity contribution in [2.75, 3.05) is 0 Å². The molecule has 4 saturated carbocycles. The second-order valence-electron chi connectivity index (χ2n) is 27.2. The Morgan fingerprint density at radius 2 is 1.20 bits per heavy atom. The fraction of sp³-hybridized carbons (Fsp3) is 0.479. The van der Waals surface area contributed by atoms with Crippen LogP contribution in [0.2, 0.25) is 0 Å². The van der Waals surface area contributed by atoms with Crippen molar-refractivity contribution in [1.82, 2.24) is 19.5 Å². The van der Waals surface area contributed by atoms with Crippen molar-refractivity contribution in [3.63, 3.8) is 0 Å². The van der Waals surface area contributed by atoms with Gasteiger partial charge in [0.25, 0.3) is 0 Å². The number of aromatic nitrogens is 4. The molecular weight excluding hydrogens is 925 g/mol. The summed E-state index contributed by atoms with van der Waals surface area (Å²) in [5.74, 6) is 2.58. The second-order valence-corrected chi connectivity index (χ2v) is 27.2. The minimum atomic E-state index is -0.304. The lowest BCUT2D eigenvalue weighted by atomic mass is 9.62. The number of imidazole rings is 1. The lowest BCUT2D eigenvalue weighted by Gasteiger charge is -2.43. The van der Waals surface area contributed by atoms with Gasteiger partial charge in [-0.1, -0.05) is 149 Å². The molecule has 5 heteroatoms. The summed E-state index contributed by atoms with van der Waals surface area (Å²) in [5, 5.41) is 15.9. The van der Waals surface area contributed by atoms with E-state index in [2.05, 4.69) is 164 Å². The maximum absolute atomic E-state index is 12.7. The van der Waals surface area contributed by atoms with Gasteiger partial charge in [-0.25, -0.2) is 4.98 Å². The second kappa shape index (κ2) is 19.6. The molecule has 5 aromatic carbocycles. The lowest BCUT2D eigenvalue weighted by molar-refractivity contribution is 0.114. The van der Waals surface area contributed by atoms with Crippen molar-refractivity contribution in [1.29, 1.82) is 0 Å². The van der Waals surface area contributed by atoms with E-state index < -0.39 is 0 Å². The van der Waals surface area contributed by atoms with E-state index in [-0.39, 0.29) is 16.7 Å². The minimum Gasteiger partial charge on any atom is -0.507 e. The molecule has 0 radical (unpaired) electrons. The van der Waals surface area contributed by atoms with Crippen LogP contribution in [0.5, 0.6) is 5.75 Å². The fourth-order valence-electron chi connectivity index (χ4n) is 15.1. The van der Waals surface area contributed by atoms with Gasteiger partial charge in [0.05, 0.1) is 33.5 Å². The van der Waals surface area contributed by atoms with Crippen molar-refractivity contribution in [2.45, 2.75) is 206 Å². The summed E-state index contributed by atoms with van der Waals surface area (Å²) in [7, 11) is 0. The summed E-state index contributed by atoms with van der Waals surface area (Å²) in [4.78, 5) is 16.1. The molecule has 3 heterocycles. The Labute approximate surface area is 454 Å². The first-order chi connectivity index (χ1) is 36.5. The Balaban J connectivity index is 0.984. The molecule has 4 aliphatic rings. The quantitative estimate of drug-likeness (QED) is 0.162. The molecule has 0 unspecified atom stereocenters. The average molecular weight is 1010 g/mol. The molecule has 0 saturated heterocycles. The molecule has 1 N–H and O–H groups in total. The van der Waals surface area contributed by atoms with Gasteiger partial charge in [-0.2, -0.15) is 0 Å². The molecule has 0 amide bonds. The van der Waals surface area contributed by atoms with Crippen LogP contribution in [0.25, 0.3) is 72.2 Å². The number of fused-ring (bicyclic) bond motifs is 5. The molecule has 394 valence electrons. The topological polar surface area (TPSA) is 63.8 Å². The Kier molecular flexibility index (Phi) is 13.1. The Hall–Kier alpha value is -5.81. The molecule has 0 aliphatic heterocycles. The van der Waals surface area contributed by atoms with E-state index in [0.717, 1.165) is 72.3 Å². The highest BCUT2D eigenvalue weighted by Crippen LogP contribution is 2.53. The van der Waals surface area contributed by atoms with Crippen LogP contribution in [0.4, 0.5) is 0 Å². The maximum atomic E-state index is 12.7. The SMILES string of the molecule is Cc1nc2ccc(-c3cc(-c4ccc(C5CCC6(CCCCC6)CC5)cc4)ccn3)cc2c2c1ccc1c2nc(-c2cc(C(C)(C)C)cc(C(C)(C)C)c2O)n1-c1ccc(C2CCC3(CCCCC3)CC2)cc1C(C)C. The van der Waals surface area contributed by atoms with Crippen LogP contribution in [0, 0.1) is 17.8 Å². The van der Waals surface area contributed by atoms with Gasteiger partial charge < -0.3 is 5.11 Å². The van der Waals surface area contributed by atoms with E-state index in [1.54, 1.807) is 0 Å². The number of hydrogen-bond donors (Lipinski definition) is 1. The molecule has 76 heavy (non-hydrogen) atoms. The monoisotopic (exact) mass is 1010 g/mol. The first-order valence-corrected chi connectivity index (χ1v) is 29.8. The van der Waals surface area contributed by atoms with Gasteiger partial charge >= 0.3 is 0 Å². The molecular formula is C71H84N4O. The van der Waals surface area contributed by atoms with Crippen LogP contribution in [-0.4, -0.2) is 24.6 Å². The molecule has 5 nitrogen and oxygen atoms in total. The summed E-state index contributed by atoms with van der Waals surface area (Å²) in [6, 6.07) is 36.9. The fourth-order valence-corrected chi connectivity index (χ4v) is 15.1. The molecule has 3 aromatic heterocycles. The third-order valence-electron chi connectivity index (χ3n) is 19.9. The highest BCUT2D eigenvalue weighted by Gasteiger charge is 2.38. The van der Waals surface area contributed by atoms with Gasteiger partial charge in [-0.05, 0) is 199 Å². The Morgan fingerprint density at radius 3 is 1.82 bits per heavy atom. The number of benzene rings is 5. The Bertz CT molecular complexity index is 3450. The number of rotatable bonds is 7. The zero-order valence-corrected chi connectivity index (χ0v) is 47.5. The van der Waals surface area contributed by atoms with Crippen LogP contribution in [0.3, 0.4) is 0 Å². The average Bonchev–Trinajstić information content (AvgIpc) is 3.92. The maximum Gasteiger partial charge on any atom is 0.149 e. The largest absolute Gasteiger partial charge is 0.507 e.